The van der Waals surface area contributed by atoms with Crippen LogP contribution in [-0.4, -0.2) is 30.7 Å². The zero-order chi connectivity index (χ0) is 20.2. The third-order valence-electron chi connectivity index (χ3n) is 4.59. The molecule has 144 valence electrons. The summed E-state index contributed by atoms with van der Waals surface area (Å²) in [4.78, 5) is 38.3. The predicted octanol–water partition coefficient (Wildman–Crippen LogP) is 3.28. The largest absolute Gasteiger partial charge is 0.484 e. The van der Waals surface area contributed by atoms with Crippen LogP contribution in [0.3, 0.4) is 0 Å². The Morgan fingerprint density at radius 2 is 1.52 bits per heavy atom. The van der Waals surface area contributed by atoms with E-state index in [4.69, 9.17) is 4.74 Å². The van der Waals surface area contributed by atoms with Crippen molar-refractivity contribution in [3.63, 3.8) is 0 Å². The van der Waals surface area contributed by atoms with Gasteiger partial charge in [-0.25, -0.2) is 0 Å². The molecular weight excluding hydrogens is 368 g/mol. The highest BCUT2D eigenvalue weighted by Crippen LogP contribution is 2.29. The highest BCUT2D eigenvalue weighted by atomic mass is 16.5. The van der Waals surface area contributed by atoms with Gasteiger partial charge >= 0.3 is 0 Å². The Kier molecular flexibility index (Phi) is 5.07. The minimum absolute atomic E-state index is 0.0519. The zero-order valence-electron chi connectivity index (χ0n) is 15.5. The number of anilines is 2. The fourth-order valence-electron chi connectivity index (χ4n) is 3.14. The summed E-state index contributed by atoms with van der Waals surface area (Å²) in [7, 11) is 0. The number of rotatable bonds is 5. The standard InChI is InChI=1S/C23H18N2O4/c26-21-14-25(20-9-5-4-8-19(20)24-21)22(27)15-29-18-12-10-17(11-13-18)23(28)16-6-2-1-3-7-16/h1-13H,14-15H2,(H,24,26). The summed E-state index contributed by atoms with van der Waals surface area (Å²) in [5.41, 5.74) is 2.39. The molecule has 1 aliphatic rings. The molecule has 4 rings (SSSR count). The van der Waals surface area contributed by atoms with E-state index in [1.165, 1.54) is 4.90 Å². The van der Waals surface area contributed by atoms with E-state index < -0.39 is 0 Å². The van der Waals surface area contributed by atoms with Crippen LogP contribution in [0.25, 0.3) is 0 Å². The van der Waals surface area contributed by atoms with Gasteiger partial charge in [-0.2, -0.15) is 0 Å². The van der Waals surface area contributed by atoms with E-state index >= 15 is 0 Å². The third-order valence-corrected chi connectivity index (χ3v) is 4.59. The van der Waals surface area contributed by atoms with Crippen molar-refractivity contribution >= 4 is 29.0 Å². The predicted molar refractivity (Wildman–Crippen MR) is 109 cm³/mol. The van der Waals surface area contributed by atoms with Crippen molar-refractivity contribution in [1.82, 2.24) is 0 Å². The second-order valence-corrected chi connectivity index (χ2v) is 6.55. The summed E-state index contributed by atoms with van der Waals surface area (Å²) in [6, 6.07) is 22.8. The van der Waals surface area contributed by atoms with Crippen molar-refractivity contribution in [3.8, 4) is 5.75 Å². The first-order valence-electron chi connectivity index (χ1n) is 9.14. The molecule has 0 atom stereocenters. The number of hydrogen-bond donors (Lipinski definition) is 1. The Balaban J connectivity index is 1.41. The number of para-hydroxylation sites is 2. The molecular formula is C23H18N2O4. The number of amides is 2. The van der Waals surface area contributed by atoms with Crippen LogP contribution < -0.4 is 15.0 Å². The maximum atomic E-state index is 12.6. The van der Waals surface area contributed by atoms with Crippen LogP contribution in [0.2, 0.25) is 0 Å². The smallest absolute Gasteiger partial charge is 0.265 e. The molecule has 2 amide bonds. The molecule has 1 N–H and O–H groups in total. The summed E-state index contributed by atoms with van der Waals surface area (Å²) in [6.45, 7) is -0.267. The lowest BCUT2D eigenvalue weighted by Gasteiger charge is -2.29. The lowest BCUT2D eigenvalue weighted by atomic mass is 10.0. The number of carbonyl (C=O) groups excluding carboxylic acids is 3. The Bertz CT molecular complexity index is 1060. The van der Waals surface area contributed by atoms with Crippen molar-refractivity contribution in [3.05, 3.63) is 90.0 Å². The van der Waals surface area contributed by atoms with Crippen molar-refractivity contribution in [2.24, 2.45) is 0 Å². The highest BCUT2D eigenvalue weighted by molar-refractivity contribution is 6.10. The van der Waals surface area contributed by atoms with E-state index in [1.54, 1.807) is 60.7 Å². The number of benzene rings is 3. The highest BCUT2D eigenvalue weighted by Gasteiger charge is 2.26. The fraction of sp³-hybridized carbons (Fsp3) is 0.0870. The molecule has 0 radical (unpaired) electrons. The van der Waals surface area contributed by atoms with Gasteiger partial charge in [0.05, 0.1) is 11.4 Å². The van der Waals surface area contributed by atoms with Gasteiger partial charge in [-0.05, 0) is 36.4 Å². The lowest BCUT2D eigenvalue weighted by molar-refractivity contribution is -0.123. The zero-order valence-corrected chi connectivity index (χ0v) is 15.5. The quantitative estimate of drug-likeness (QED) is 0.683. The third kappa shape index (κ3) is 4.01. The number of carbonyl (C=O) groups is 3. The van der Waals surface area contributed by atoms with E-state index in [0.717, 1.165) is 0 Å². The molecule has 0 unspecified atom stereocenters. The molecule has 0 spiro atoms. The summed E-state index contributed by atoms with van der Waals surface area (Å²) < 4.78 is 5.58. The molecule has 0 fully saturated rings. The van der Waals surface area contributed by atoms with Gasteiger partial charge in [0.2, 0.25) is 5.91 Å². The average Bonchev–Trinajstić information content (AvgIpc) is 2.77. The van der Waals surface area contributed by atoms with E-state index in [9.17, 15) is 14.4 Å². The number of hydrogen-bond acceptors (Lipinski definition) is 4. The van der Waals surface area contributed by atoms with E-state index in [1.807, 2.05) is 18.2 Å². The normalized spacial score (nSPS) is 12.7. The van der Waals surface area contributed by atoms with Crippen LogP contribution in [0, 0.1) is 0 Å². The Labute approximate surface area is 167 Å². The first kappa shape index (κ1) is 18.4. The van der Waals surface area contributed by atoms with Gasteiger partial charge in [0.25, 0.3) is 5.91 Å². The van der Waals surface area contributed by atoms with Crippen LogP contribution in [0.5, 0.6) is 5.75 Å². The van der Waals surface area contributed by atoms with Crippen molar-refractivity contribution in [2.75, 3.05) is 23.4 Å². The summed E-state index contributed by atoms with van der Waals surface area (Å²) in [5, 5.41) is 2.74. The number of ether oxygens (including phenoxy) is 1. The lowest BCUT2D eigenvalue weighted by Crippen LogP contribution is -2.44. The molecule has 3 aromatic rings. The van der Waals surface area contributed by atoms with E-state index in [-0.39, 0.29) is 30.7 Å². The summed E-state index contributed by atoms with van der Waals surface area (Å²) >= 11 is 0. The van der Waals surface area contributed by atoms with Crippen molar-refractivity contribution in [2.45, 2.75) is 0 Å². The molecule has 1 heterocycles. The summed E-state index contributed by atoms with van der Waals surface area (Å²) in [6.07, 6.45) is 0. The first-order valence-corrected chi connectivity index (χ1v) is 9.14. The SMILES string of the molecule is O=C1CN(C(=O)COc2ccc(C(=O)c3ccccc3)cc2)c2ccccc2N1. The molecule has 0 saturated carbocycles. The number of nitrogens with zero attached hydrogens (tertiary/aromatic N) is 1. The monoisotopic (exact) mass is 386 g/mol. The maximum absolute atomic E-state index is 12.6. The van der Waals surface area contributed by atoms with Crippen molar-refractivity contribution in [1.29, 1.82) is 0 Å². The van der Waals surface area contributed by atoms with E-state index in [2.05, 4.69) is 5.32 Å². The second kappa shape index (κ2) is 7.98. The van der Waals surface area contributed by atoms with Gasteiger partial charge in [0.1, 0.15) is 12.3 Å². The van der Waals surface area contributed by atoms with Crippen molar-refractivity contribution < 1.29 is 19.1 Å². The Hall–Kier alpha value is -3.93. The van der Waals surface area contributed by atoms with Crippen LogP contribution in [0.15, 0.2) is 78.9 Å². The summed E-state index contributed by atoms with van der Waals surface area (Å²) in [5.74, 6) is -0.181. The Morgan fingerprint density at radius 3 is 2.28 bits per heavy atom. The van der Waals surface area contributed by atoms with Gasteiger partial charge in [-0.1, -0.05) is 42.5 Å². The minimum atomic E-state index is -0.322. The maximum Gasteiger partial charge on any atom is 0.265 e. The van der Waals surface area contributed by atoms with Gasteiger partial charge in [-0.3, -0.25) is 19.3 Å². The molecule has 0 aliphatic carbocycles. The Morgan fingerprint density at radius 1 is 0.862 bits per heavy atom. The molecule has 1 aliphatic heterocycles. The second-order valence-electron chi connectivity index (χ2n) is 6.55. The fourth-order valence-corrected chi connectivity index (χ4v) is 3.14. The molecule has 0 saturated heterocycles. The average molecular weight is 386 g/mol. The molecule has 29 heavy (non-hydrogen) atoms. The number of ketones is 1. The van der Waals surface area contributed by atoms with Crippen LogP contribution in [0.1, 0.15) is 15.9 Å². The van der Waals surface area contributed by atoms with Gasteiger partial charge < -0.3 is 10.1 Å². The topological polar surface area (TPSA) is 75.7 Å². The molecule has 6 nitrogen and oxygen atoms in total. The van der Waals surface area contributed by atoms with Gasteiger partial charge in [0, 0.05) is 11.1 Å². The van der Waals surface area contributed by atoms with Gasteiger partial charge in [0.15, 0.2) is 12.4 Å². The van der Waals surface area contributed by atoms with E-state index in [0.29, 0.717) is 28.3 Å². The molecule has 3 aromatic carbocycles. The van der Waals surface area contributed by atoms with Crippen LogP contribution >= 0.6 is 0 Å². The van der Waals surface area contributed by atoms with Gasteiger partial charge in [-0.15, -0.1) is 0 Å². The first-order chi connectivity index (χ1) is 14.1. The van der Waals surface area contributed by atoms with Crippen LogP contribution in [-0.2, 0) is 9.59 Å². The molecule has 0 bridgehead atoms. The minimum Gasteiger partial charge on any atom is -0.484 e. The molecule has 0 aromatic heterocycles. The number of nitrogens with one attached hydrogen (secondary N) is 1. The number of fused-ring (bicyclic) bond motifs is 1. The molecule has 6 heteroatoms. The van der Waals surface area contributed by atoms with Crippen LogP contribution in [0.4, 0.5) is 11.4 Å².